The molecule has 1 saturated heterocycles. The van der Waals surface area contributed by atoms with Crippen LogP contribution in [0.15, 0.2) is 48.5 Å². The van der Waals surface area contributed by atoms with Crippen molar-refractivity contribution in [1.29, 1.82) is 0 Å². The summed E-state index contributed by atoms with van der Waals surface area (Å²) < 4.78 is 59.1. The lowest BCUT2D eigenvalue weighted by molar-refractivity contribution is -0.274. The van der Waals surface area contributed by atoms with Crippen molar-refractivity contribution < 1.29 is 31.8 Å². The first-order chi connectivity index (χ1) is 12.3. The molecule has 4 nitrogen and oxygen atoms in total. The van der Waals surface area contributed by atoms with E-state index < -0.39 is 18.7 Å². The van der Waals surface area contributed by atoms with Gasteiger partial charge in [0, 0.05) is 13.1 Å². The average molecular weight is 369 g/mol. The smallest absolute Gasteiger partial charge is 0.406 e. The quantitative estimate of drug-likeness (QED) is 0.593. The van der Waals surface area contributed by atoms with Crippen molar-refractivity contribution in [3.8, 4) is 5.75 Å². The lowest BCUT2D eigenvalue weighted by atomic mass is 10.1. The van der Waals surface area contributed by atoms with Crippen molar-refractivity contribution in [1.82, 2.24) is 4.90 Å². The van der Waals surface area contributed by atoms with Crippen LogP contribution in [0.4, 0.5) is 17.6 Å². The minimum atomic E-state index is -4.74. The molecule has 1 aliphatic rings. The van der Waals surface area contributed by atoms with Gasteiger partial charge in [-0.1, -0.05) is 24.3 Å². The van der Waals surface area contributed by atoms with E-state index in [1.165, 1.54) is 36.4 Å². The molecule has 26 heavy (non-hydrogen) atoms. The van der Waals surface area contributed by atoms with E-state index in [0.29, 0.717) is 24.9 Å². The molecule has 0 aromatic heterocycles. The van der Waals surface area contributed by atoms with Gasteiger partial charge in [-0.05, 0) is 35.4 Å². The lowest BCUT2D eigenvalue weighted by Crippen LogP contribution is -2.30. The van der Waals surface area contributed by atoms with Crippen LogP contribution in [0.3, 0.4) is 0 Å². The number of ether oxygens (including phenoxy) is 2. The van der Waals surface area contributed by atoms with Crippen LogP contribution in [-0.2, 0) is 16.1 Å². The Balaban J connectivity index is 1.66. The molecule has 2 unspecified atom stereocenters. The van der Waals surface area contributed by atoms with E-state index in [1.54, 1.807) is 17.0 Å². The zero-order valence-electron chi connectivity index (χ0n) is 13.4. The van der Waals surface area contributed by atoms with E-state index in [9.17, 15) is 22.4 Å². The van der Waals surface area contributed by atoms with Gasteiger partial charge in [0.15, 0.2) is 12.5 Å². The Bertz CT molecular complexity index is 747. The summed E-state index contributed by atoms with van der Waals surface area (Å²) in [6, 6.07) is 11.2. The van der Waals surface area contributed by atoms with Crippen LogP contribution in [0.1, 0.15) is 17.2 Å². The number of carbonyl (C=O) groups excluding carboxylic acids is 1. The summed E-state index contributed by atoms with van der Waals surface area (Å²) in [5, 5.41) is 0. The highest BCUT2D eigenvalue weighted by molar-refractivity contribution is 5.56. The standard InChI is InChI=1S/C18H15F4NO3/c19-14-5-3-13(4-6-14)16-10-23(17(11-24)25-16)9-12-1-7-15(8-2-12)26-18(20,21)22/h1-8,11,16-17H,9-10H2. The number of halogens is 4. The second-order valence-corrected chi connectivity index (χ2v) is 5.82. The Morgan fingerprint density at radius 2 is 1.77 bits per heavy atom. The van der Waals surface area contributed by atoms with Gasteiger partial charge in [-0.25, -0.2) is 4.39 Å². The van der Waals surface area contributed by atoms with E-state index in [-0.39, 0.29) is 11.6 Å². The normalized spacial score (nSPS) is 20.9. The predicted octanol–water partition coefficient (Wildman–Crippen LogP) is 3.82. The van der Waals surface area contributed by atoms with Crippen molar-refractivity contribution in [3.05, 3.63) is 65.5 Å². The van der Waals surface area contributed by atoms with Gasteiger partial charge in [-0.3, -0.25) is 9.69 Å². The van der Waals surface area contributed by atoms with Crippen LogP contribution in [-0.4, -0.2) is 30.3 Å². The van der Waals surface area contributed by atoms with Gasteiger partial charge in [-0.2, -0.15) is 0 Å². The highest BCUT2D eigenvalue weighted by Gasteiger charge is 2.34. The first-order valence-electron chi connectivity index (χ1n) is 7.79. The zero-order chi connectivity index (χ0) is 18.7. The summed E-state index contributed by atoms with van der Waals surface area (Å²) in [6.07, 6.45) is -5.25. The third-order valence-electron chi connectivity index (χ3n) is 3.96. The first kappa shape index (κ1) is 18.3. The van der Waals surface area contributed by atoms with Gasteiger partial charge < -0.3 is 9.47 Å². The molecular weight excluding hydrogens is 354 g/mol. The third kappa shape index (κ3) is 4.59. The van der Waals surface area contributed by atoms with Crippen LogP contribution in [0, 0.1) is 5.82 Å². The molecule has 3 rings (SSSR count). The zero-order valence-corrected chi connectivity index (χ0v) is 13.4. The topological polar surface area (TPSA) is 38.8 Å². The van der Waals surface area contributed by atoms with Gasteiger partial charge in [-0.15, -0.1) is 13.2 Å². The summed E-state index contributed by atoms with van der Waals surface area (Å²) >= 11 is 0. The van der Waals surface area contributed by atoms with Crippen molar-refractivity contribution in [3.63, 3.8) is 0 Å². The summed E-state index contributed by atoms with van der Waals surface area (Å²) in [7, 11) is 0. The molecule has 2 atom stereocenters. The van der Waals surface area contributed by atoms with E-state index in [4.69, 9.17) is 4.74 Å². The number of hydrogen-bond donors (Lipinski definition) is 0. The van der Waals surface area contributed by atoms with E-state index in [1.807, 2.05) is 0 Å². The molecule has 8 heteroatoms. The molecule has 0 bridgehead atoms. The number of rotatable bonds is 5. The molecule has 0 amide bonds. The molecule has 1 fully saturated rings. The van der Waals surface area contributed by atoms with Crippen LogP contribution < -0.4 is 4.74 Å². The number of aldehydes is 1. The molecule has 0 spiro atoms. The van der Waals surface area contributed by atoms with Gasteiger partial charge in [0.1, 0.15) is 11.6 Å². The lowest BCUT2D eigenvalue weighted by Gasteiger charge is -2.18. The van der Waals surface area contributed by atoms with E-state index in [0.717, 1.165) is 5.56 Å². The second-order valence-electron chi connectivity index (χ2n) is 5.82. The summed E-state index contributed by atoms with van der Waals surface area (Å²) in [5.74, 6) is -0.674. The largest absolute Gasteiger partial charge is 0.573 e. The van der Waals surface area contributed by atoms with Crippen LogP contribution in [0.25, 0.3) is 0 Å². The number of carbonyl (C=O) groups is 1. The second kappa shape index (κ2) is 7.43. The third-order valence-corrected chi connectivity index (χ3v) is 3.96. The van der Waals surface area contributed by atoms with Crippen molar-refractivity contribution in [2.45, 2.75) is 25.2 Å². The summed E-state index contributed by atoms with van der Waals surface area (Å²) in [6.45, 7) is 0.712. The maximum atomic E-state index is 13.0. The minimum absolute atomic E-state index is 0.310. The van der Waals surface area contributed by atoms with Gasteiger partial charge in [0.2, 0.25) is 0 Å². The molecular formula is C18H15F4NO3. The summed E-state index contributed by atoms with van der Waals surface area (Å²) in [4.78, 5) is 13.0. The number of hydrogen-bond acceptors (Lipinski definition) is 4. The average Bonchev–Trinajstić information content (AvgIpc) is 2.99. The Morgan fingerprint density at radius 1 is 1.12 bits per heavy atom. The summed E-state index contributed by atoms with van der Waals surface area (Å²) in [5.41, 5.74) is 1.45. The molecule has 0 aliphatic carbocycles. The first-order valence-corrected chi connectivity index (χ1v) is 7.79. The number of alkyl halides is 3. The molecule has 2 aromatic carbocycles. The number of benzene rings is 2. The van der Waals surface area contributed by atoms with Crippen molar-refractivity contribution >= 4 is 6.29 Å². The molecule has 0 N–H and O–H groups in total. The van der Waals surface area contributed by atoms with Crippen molar-refractivity contribution in [2.24, 2.45) is 0 Å². The fourth-order valence-corrected chi connectivity index (χ4v) is 2.78. The van der Waals surface area contributed by atoms with Gasteiger partial charge in [0.05, 0.1) is 6.10 Å². The highest BCUT2D eigenvalue weighted by Crippen LogP contribution is 2.30. The fraction of sp³-hybridized carbons (Fsp3) is 0.278. The van der Waals surface area contributed by atoms with Crippen LogP contribution in [0.2, 0.25) is 0 Å². The highest BCUT2D eigenvalue weighted by atomic mass is 19.4. The molecule has 1 aliphatic heterocycles. The van der Waals surface area contributed by atoms with E-state index >= 15 is 0 Å². The molecule has 1 heterocycles. The molecule has 2 aromatic rings. The van der Waals surface area contributed by atoms with Crippen LogP contribution in [0.5, 0.6) is 5.75 Å². The number of nitrogens with zero attached hydrogens (tertiary/aromatic N) is 1. The SMILES string of the molecule is O=CC1OC(c2ccc(F)cc2)CN1Cc1ccc(OC(F)(F)F)cc1. The Labute approximate surface area is 146 Å². The van der Waals surface area contributed by atoms with Gasteiger partial charge >= 0.3 is 6.36 Å². The van der Waals surface area contributed by atoms with Crippen LogP contribution >= 0.6 is 0 Å². The van der Waals surface area contributed by atoms with Crippen molar-refractivity contribution in [2.75, 3.05) is 6.54 Å². The Kier molecular flexibility index (Phi) is 5.24. The Morgan fingerprint density at radius 3 is 2.35 bits per heavy atom. The van der Waals surface area contributed by atoms with E-state index in [2.05, 4.69) is 4.74 Å². The Hall–Kier alpha value is -2.45. The molecule has 0 saturated carbocycles. The monoisotopic (exact) mass is 369 g/mol. The fourth-order valence-electron chi connectivity index (χ4n) is 2.78. The minimum Gasteiger partial charge on any atom is -0.406 e. The maximum absolute atomic E-state index is 13.0. The maximum Gasteiger partial charge on any atom is 0.573 e. The predicted molar refractivity (Wildman–Crippen MR) is 83.6 cm³/mol. The van der Waals surface area contributed by atoms with Gasteiger partial charge in [0.25, 0.3) is 0 Å². The molecule has 0 radical (unpaired) electrons. The molecule has 138 valence electrons.